The molecule has 27 heavy (non-hydrogen) atoms. The van der Waals surface area contributed by atoms with E-state index >= 15 is 0 Å². The van der Waals surface area contributed by atoms with Crippen LogP contribution in [-0.4, -0.2) is 45.5 Å². The Hall–Kier alpha value is -2.15. The number of nitrogens with one attached hydrogen (secondary N) is 1. The minimum Gasteiger partial charge on any atom is -0.393 e. The van der Waals surface area contributed by atoms with Crippen molar-refractivity contribution in [1.29, 1.82) is 0 Å². The first-order valence-electron chi connectivity index (χ1n) is 9.87. The molecule has 2 heterocycles. The maximum absolute atomic E-state index is 12.9. The van der Waals surface area contributed by atoms with Crippen LogP contribution in [0.3, 0.4) is 0 Å². The largest absolute Gasteiger partial charge is 0.393 e. The molecule has 1 saturated carbocycles. The summed E-state index contributed by atoms with van der Waals surface area (Å²) in [4.78, 5) is 31.3. The summed E-state index contributed by atoms with van der Waals surface area (Å²) in [6.07, 6.45) is 6.60. The monoisotopic (exact) mass is 374 g/mol. The normalized spacial score (nSPS) is 28.6. The Bertz CT molecular complexity index is 700. The minimum atomic E-state index is -0.629. The average Bonchev–Trinajstić information content (AvgIpc) is 2.65. The van der Waals surface area contributed by atoms with Crippen LogP contribution in [0.1, 0.15) is 51.0 Å². The maximum Gasteiger partial charge on any atom is 0.313 e. The minimum absolute atomic E-state index is 0.0817. The zero-order valence-corrected chi connectivity index (χ0v) is 16.1. The molecule has 1 aromatic heterocycles. The van der Waals surface area contributed by atoms with Gasteiger partial charge in [0.05, 0.1) is 18.0 Å². The number of rotatable bonds is 2. The van der Waals surface area contributed by atoms with Gasteiger partial charge in [0.2, 0.25) is 0 Å². The number of amides is 2. The summed E-state index contributed by atoms with van der Waals surface area (Å²) < 4.78 is 0. The number of aliphatic hydroxyl groups excluding tert-OH is 1. The molecule has 2 atom stereocenters. The number of aromatic nitrogens is 1. The van der Waals surface area contributed by atoms with E-state index in [2.05, 4.69) is 17.2 Å². The smallest absolute Gasteiger partial charge is 0.313 e. The molecule has 4 N–H and O–H groups in total. The van der Waals surface area contributed by atoms with E-state index < -0.39 is 11.8 Å². The van der Waals surface area contributed by atoms with Gasteiger partial charge in [0.25, 0.3) is 0 Å². The number of anilines is 2. The Balaban J connectivity index is 1.70. The molecule has 7 nitrogen and oxygen atoms in total. The van der Waals surface area contributed by atoms with Crippen LogP contribution < -0.4 is 11.1 Å². The zero-order chi connectivity index (χ0) is 19.6. The Morgan fingerprint density at radius 3 is 2.59 bits per heavy atom. The highest BCUT2D eigenvalue weighted by Gasteiger charge is 2.38. The maximum atomic E-state index is 12.9. The van der Waals surface area contributed by atoms with E-state index in [9.17, 15) is 14.7 Å². The van der Waals surface area contributed by atoms with Crippen LogP contribution in [0.25, 0.3) is 0 Å². The van der Waals surface area contributed by atoms with Crippen molar-refractivity contribution in [2.75, 3.05) is 17.6 Å². The predicted molar refractivity (Wildman–Crippen MR) is 104 cm³/mol. The van der Waals surface area contributed by atoms with Crippen LogP contribution in [0, 0.1) is 18.8 Å². The van der Waals surface area contributed by atoms with Crippen LogP contribution in [0.4, 0.5) is 11.5 Å². The van der Waals surface area contributed by atoms with Crippen molar-refractivity contribution in [1.82, 2.24) is 9.88 Å². The van der Waals surface area contributed by atoms with Gasteiger partial charge in [-0.25, -0.2) is 4.98 Å². The first-order chi connectivity index (χ1) is 12.8. The molecule has 2 amide bonds. The third kappa shape index (κ3) is 4.58. The zero-order valence-electron chi connectivity index (χ0n) is 16.1. The van der Waals surface area contributed by atoms with Crippen LogP contribution in [0.5, 0.6) is 0 Å². The number of aryl methyl sites for hydroxylation is 1. The molecule has 3 rings (SSSR count). The second-order valence-corrected chi connectivity index (χ2v) is 8.16. The van der Waals surface area contributed by atoms with E-state index in [4.69, 9.17) is 5.73 Å². The van der Waals surface area contributed by atoms with Crippen molar-refractivity contribution >= 4 is 23.3 Å². The third-order valence-electron chi connectivity index (χ3n) is 5.98. The molecule has 0 aromatic carbocycles. The number of nitrogens with zero attached hydrogens (tertiary/aromatic N) is 2. The summed E-state index contributed by atoms with van der Waals surface area (Å²) in [7, 11) is 0. The first-order valence-corrected chi connectivity index (χ1v) is 9.87. The Labute approximate surface area is 160 Å². The Morgan fingerprint density at radius 2 is 1.93 bits per heavy atom. The van der Waals surface area contributed by atoms with E-state index in [1.165, 1.54) is 6.20 Å². The number of piperidine rings is 1. The number of aliphatic hydroxyl groups is 1. The molecule has 1 aliphatic heterocycles. The number of carbonyl (C=O) groups excluding carboxylic acids is 2. The lowest BCUT2D eigenvalue weighted by atomic mass is 9.77. The van der Waals surface area contributed by atoms with Gasteiger partial charge in [0, 0.05) is 12.6 Å². The molecular weight excluding hydrogens is 344 g/mol. The number of nitrogens with two attached hydrogens (primary N) is 1. The van der Waals surface area contributed by atoms with E-state index in [0.29, 0.717) is 29.9 Å². The number of pyridine rings is 1. The number of likely N-dealkylation sites (tertiary alicyclic amines) is 1. The average molecular weight is 374 g/mol. The van der Waals surface area contributed by atoms with Crippen molar-refractivity contribution < 1.29 is 14.7 Å². The quantitative estimate of drug-likeness (QED) is 0.687. The van der Waals surface area contributed by atoms with Gasteiger partial charge in [-0.1, -0.05) is 6.92 Å². The summed E-state index contributed by atoms with van der Waals surface area (Å²) in [5.41, 5.74) is 6.93. The van der Waals surface area contributed by atoms with Gasteiger partial charge >= 0.3 is 11.8 Å². The topological polar surface area (TPSA) is 109 Å². The number of hydrogen-bond acceptors (Lipinski definition) is 5. The van der Waals surface area contributed by atoms with Crippen molar-refractivity contribution in [2.24, 2.45) is 11.8 Å². The van der Waals surface area contributed by atoms with Gasteiger partial charge in [-0.2, -0.15) is 0 Å². The van der Waals surface area contributed by atoms with Gasteiger partial charge in [-0.05, 0) is 68.9 Å². The first kappa shape index (κ1) is 19.6. The molecular formula is C20H30N4O3. The lowest BCUT2D eigenvalue weighted by Gasteiger charge is -2.44. The lowest BCUT2D eigenvalue weighted by Crippen LogP contribution is -2.53. The summed E-state index contributed by atoms with van der Waals surface area (Å²) in [6, 6.07) is 1.80. The van der Waals surface area contributed by atoms with Crippen molar-refractivity contribution in [2.45, 2.75) is 64.5 Å². The predicted octanol–water partition coefficient (Wildman–Crippen LogP) is 2.09. The van der Waals surface area contributed by atoms with E-state index in [-0.39, 0.29) is 12.1 Å². The van der Waals surface area contributed by atoms with Crippen molar-refractivity contribution in [3.63, 3.8) is 0 Å². The molecule has 2 fully saturated rings. The van der Waals surface area contributed by atoms with E-state index in [0.717, 1.165) is 44.1 Å². The van der Waals surface area contributed by atoms with Gasteiger partial charge in [0.1, 0.15) is 5.82 Å². The number of hydrogen-bond donors (Lipinski definition) is 3. The molecule has 0 bridgehead atoms. The third-order valence-corrected chi connectivity index (χ3v) is 5.98. The molecule has 2 aliphatic rings. The fourth-order valence-electron chi connectivity index (χ4n) is 4.35. The summed E-state index contributed by atoms with van der Waals surface area (Å²) >= 11 is 0. The second-order valence-electron chi connectivity index (χ2n) is 8.16. The summed E-state index contributed by atoms with van der Waals surface area (Å²) in [5, 5.41) is 12.4. The number of nitrogen functional groups attached to an aromatic ring is 1. The van der Waals surface area contributed by atoms with Gasteiger partial charge in [-0.3, -0.25) is 9.59 Å². The van der Waals surface area contributed by atoms with E-state index in [1.807, 2.05) is 0 Å². The molecule has 1 aliphatic carbocycles. The van der Waals surface area contributed by atoms with Crippen LogP contribution in [0.2, 0.25) is 0 Å². The molecule has 1 saturated heterocycles. The van der Waals surface area contributed by atoms with Crippen LogP contribution >= 0.6 is 0 Å². The highest BCUT2D eigenvalue weighted by atomic mass is 16.3. The molecule has 1 unspecified atom stereocenters. The fourth-order valence-corrected chi connectivity index (χ4v) is 4.35. The summed E-state index contributed by atoms with van der Waals surface area (Å²) in [5.74, 6) is 0.0393. The van der Waals surface area contributed by atoms with Crippen molar-refractivity contribution in [3.8, 4) is 0 Å². The Kier molecular flexibility index (Phi) is 5.99. The Morgan fingerprint density at radius 1 is 1.22 bits per heavy atom. The molecule has 7 heteroatoms. The molecule has 0 radical (unpaired) electrons. The van der Waals surface area contributed by atoms with Crippen molar-refractivity contribution in [3.05, 3.63) is 17.8 Å². The highest BCUT2D eigenvalue weighted by molar-refractivity contribution is 6.39. The summed E-state index contributed by atoms with van der Waals surface area (Å²) in [6.45, 7) is 4.53. The van der Waals surface area contributed by atoms with Gasteiger partial charge in [0.15, 0.2) is 0 Å². The molecule has 0 spiro atoms. The highest BCUT2D eigenvalue weighted by Crippen LogP contribution is 2.35. The lowest BCUT2D eigenvalue weighted by molar-refractivity contribution is -0.148. The SMILES string of the molecule is Cc1cc(NC(=O)C(=O)N2C[C@H](C)CCC2[C@H]2CC[C@H](O)CC2)cnc1N. The fraction of sp³-hybridized carbons (Fsp3) is 0.650. The van der Waals surface area contributed by atoms with E-state index in [1.54, 1.807) is 17.9 Å². The van der Waals surface area contributed by atoms with Crippen LogP contribution in [-0.2, 0) is 9.59 Å². The van der Waals surface area contributed by atoms with Gasteiger partial charge < -0.3 is 21.1 Å². The molecule has 148 valence electrons. The standard InChI is InChI=1S/C20H30N4O3/c1-12-3-8-17(14-4-6-16(25)7-5-14)24(11-12)20(27)19(26)23-15-9-13(2)18(21)22-10-15/h9-10,12,14,16-17,25H,3-8,11H2,1-2H3,(H2,21,22)(H,23,26)/t12-,14-,16-,17?/m1/s1. The van der Waals surface area contributed by atoms with Gasteiger partial charge in [-0.15, -0.1) is 0 Å². The second kappa shape index (κ2) is 8.25. The molecule has 1 aromatic rings. The van der Waals surface area contributed by atoms with Crippen LogP contribution in [0.15, 0.2) is 12.3 Å². The number of carbonyl (C=O) groups is 2.